The lowest BCUT2D eigenvalue weighted by Crippen LogP contribution is -2.38. The number of nitrogens with zero attached hydrogens (tertiary/aromatic N) is 1. The van der Waals surface area contributed by atoms with Crippen LogP contribution in [0.1, 0.15) is 53.2 Å². The molecule has 0 aliphatic heterocycles. The Morgan fingerprint density at radius 2 is 1.60 bits per heavy atom. The SMILES string of the molecule is O=C(Nc1cc(C(=O)NC2CCC(C(=O)O)CC2)no1)OCC1c2ccccc2-c2ccccc21. The van der Waals surface area contributed by atoms with Crippen LogP contribution in [0.5, 0.6) is 0 Å². The topological polar surface area (TPSA) is 131 Å². The molecule has 1 heterocycles. The highest BCUT2D eigenvalue weighted by Gasteiger charge is 2.30. The van der Waals surface area contributed by atoms with E-state index < -0.39 is 18.0 Å². The van der Waals surface area contributed by atoms with Crippen molar-refractivity contribution in [3.63, 3.8) is 0 Å². The van der Waals surface area contributed by atoms with Crippen LogP contribution in [0.3, 0.4) is 0 Å². The van der Waals surface area contributed by atoms with E-state index in [4.69, 9.17) is 14.4 Å². The lowest BCUT2D eigenvalue weighted by molar-refractivity contribution is -0.142. The van der Waals surface area contributed by atoms with Gasteiger partial charge in [0, 0.05) is 18.0 Å². The number of aromatic nitrogens is 1. The maximum Gasteiger partial charge on any atom is 0.414 e. The molecule has 1 saturated carbocycles. The van der Waals surface area contributed by atoms with Gasteiger partial charge in [-0.2, -0.15) is 0 Å². The Morgan fingerprint density at radius 1 is 0.971 bits per heavy atom. The molecule has 9 heteroatoms. The van der Waals surface area contributed by atoms with E-state index in [2.05, 4.69) is 27.9 Å². The molecular weight excluding hydrogens is 450 g/mol. The van der Waals surface area contributed by atoms with E-state index in [0.29, 0.717) is 25.7 Å². The number of carbonyl (C=O) groups is 3. The number of anilines is 1. The van der Waals surface area contributed by atoms with Crippen molar-refractivity contribution in [1.29, 1.82) is 0 Å². The normalized spacial score (nSPS) is 18.9. The molecule has 35 heavy (non-hydrogen) atoms. The predicted molar refractivity (Wildman–Crippen MR) is 126 cm³/mol. The van der Waals surface area contributed by atoms with E-state index in [0.717, 1.165) is 22.3 Å². The van der Waals surface area contributed by atoms with E-state index in [-0.39, 0.29) is 36.1 Å². The van der Waals surface area contributed by atoms with Crippen molar-refractivity contribution in [3.8, 4) is 11.1 Å². The summed E-state index contributed by atoms with van der Waals surface area (Å²) in [6.45, 7) is 0.153. The predicted octanol–water partition coefficient (Wildman–Crippen LogP) is 4.41. The third kappa shape index (κ3) is 4.75. The molecule has 3 aromatic rings. The first-order valence-corrected chi connectivity index (χ1v) is 11.6. The van der Waals surface area contributed by atoms with Crippen molar-refractivity contribution < 1.29 is 28.8 Å². The van der Waals surface area contributed by atoms with Crippen molar-refractivity contribution in [2.75, 3.05) is 11.9 Å². The number of benzene rings is 2. The van der Waals surface area contributed by atoms with E-state index in [1.807, 2.05) is 36.4 Å². The fourth-order valence-electron chi connectivity index (χ4n) is 4.92. The summed E-state index contributed by atoms with van der Waals surface area (Å²) in [5, 5.41) is 18.1. The summed E-state index contributed by atoms with van der Waals surface area (Å²) >= 11 is 0. The zero-order valence-electron chi connectivity index (χ0n) is 18.9. The van der Waals surface area contributed by atoms with Crippen molar-refractivity contribution in [3.05, 3.63) is 71.4 Å². The number of carbonyl (C=O) groups excluding carboxylic acids is 2. The standard InChI is InChI=1S/C26H25N3O6/c30-24(27-16-11-9-15(10-12-16)25(31)32)22-13-23(35-29-22)28-26(33)34-14-21-19-7-3-1-5-17(19)18-6-2-4-8-20(18)21/h1-8,13,15-16,21H,9-12,14H2,(H,27,30)(H,28,33)(H,31,32). The number of hydrogen-bond donors (Lipinski definition) is 3. The number of carboxylic acid groups (broad SMARTS) is 1. The molecule has 1 aromatic heterocycles. The largest absolute Gasteiger partial charge is 0.481 e. The fraction of sp³-hybridized carbons (Fsp3) is 0.308. The van der Waals surface area contributed by atoms with E-state index >= 15 is 0 Å². The number of hydrogen-bond acceptors (Lipinski definition) is 6. The first-order chi connectivity index (χ1) is 17.0. The molecule has 0 radical (unpaired) electrons. The Hall–Kier alpha value is -4.14. The summed E-state index contributed by atoms with van der Waals surface area (Å²) in [6, 6.07) is 17.3. The maximum atomic E-state index is 12.5. The zero-order valence-corrected chi connectivity index (χ0v) is 18.9. The molecule has 1 fully saturated rings. The smallest absolute Gasteiger partial charge is 0.414 e. The quantitative estimate of drug-likeness (QED) is 0.481. The Morgan fingerprint density at radius 3 is 2.23 bits per heavy atom. The van der Waals surface area contributed by atoms with Gasteiger partial charge in [-0.25, -0.2) is 4.79 Å². The molecule has 5 rings (SSSR count). The van der Waals surface area contributed by atoms with Crippen molar-refractivity contribution in [1.82, 2.24) is 10.5 Å². The van der Waals surface area contributed by atoms with Crippen LogP contribution in [-0.4, -0.2) is 40.9 Å². The Labute approximate surface area is 201 Å². The molecule has 0 saturated heterocycles. The van der Waals surface area contributed by atoms with Gasteiger partial charge in [0.15, 0.2) is 5.69 Å². The highest BCUT2D eigenvalue weighted by Crippen LogP contribution is 2.44. The molecule has 0 spiro atoms. The molecule has 3 N–H and O–H groups in total. The highest BCUT2D eigenvalue weighted by atomic mass is 16.6. The van der Waals surface area contributed by atoms with Crippen molar-refractivity contribution in [2.45, 2.75) is 37.6 Å². The van der Waals surface area contributed by atoms with Crippen LogP contribution in [0.4, 0.5) is 10.7 Å². The van der Waals surface area contributed by atoms with E-state index in [9.17, 15) is 14.4 Å². The maximum absolute atomic E-state index is 12.5. The number of nitrogens with one attached hydrogen (secondary N) is 2. The molecule has 2 aliphatic rings. The van der Waals surface area contributed by atoms with Gasteiger partial charge in [0.2, 0.25) is 5.88 Å². The average Bonchev–Trinajstić information content (AvgIpc) is 3.46. The molecule has 0 atom stereocenters. The summed E-state index contributed by atoms with van der Waals surface area (Å²) in [4.78, 5) is 35.9. The monoisotopic (exact) mass is 475 g/mol. The van der Waals surface area contributed by atoms with Crippen LogP contribution >= 0.6 is 0 Å². The van der Waals surface area contributed by atoms with Gasteiger partial charge < -0.3 is 19.7 Å². The molecule has 180 valence electrons. The number of rotatable bonds is 6. The van der Waals surface area contributed by atoms with Gasteiger partial charge in [0.05, 0.1) is 5.92 Å². The summed E-state index contributed by atoms with van der Waals surface area (Å²) in [7, 11) is 0. The molecular formula is C26H25N3O6. The van der Waals surface area contributed by atoms with E-state index in [1.165, 1.54) is 6.07 Å². The van der Waals surface area contributed by atoms with Gasteiger partial charge in [0.25, 0.3) is 5.91 Å². The lowest BCUT2D eigenvalue weighted by atomic mass is 9.86. The van der Waals surface area contributed by atoms with Gasteiger partial charge in [-0.05, 0) is 47.9 Å². The average molecular weight is 476 g/mol. The lowest BCUT2D eigenvalue weighted by Gasteiger charge is -2.26. The van der Waals surface area contributed by atoms with Gasteiger partial charge in [-0.1, -0.05) is 53.7 Å². The van der Waals surface area contributed by atoms with Gasteiger partial charge >= 0.3 is 12.1 Å². The fourth-order valence-corrected chi connectivity index (χ4v) is 4.92. The number of carboxylic acids is 1. The summed E-state index contributed by atoms with van der Waals surface area (Å²) in [5.41, 5.74) is 4.52. The summed E-state index contributed by atoms with van der Waals surface area (Å²) in [6.07, 6.45) is 1.51. The second-order valence-electron chi connectivity index (χ2n) is 8.89. The molecule has 2 aliphatic carbocycles. The number of ether oxygens (including phenoxy) is 1. The van der Waals surface area contributed by atoms with Crippen LogP contribution < -0.4 is 10.6 Å². The van der Waals surface area contributed by atoms with Crippen molar-refractivity contribution >= 4 is 23.9 Å². The zero-order chi connectivity index (χ0) is 24.4. The van der Waals surface area contributed by atoms with Crippen LogP contribution in [0.25, 0.3) is 11.1 Å². The van der Waals surface area contributed by atoms with Gasteiger partial charge in [-0.3, -0.25) is 14.9 Å². The summed E-state index contributed by atoms with van der Waals surface area (Å²) in [5.74, 6) is -1.66. The third-order valence-electron chi connectivity index (χ3n) is 6.72. The van der Waals surface area contributed by atoms with Crippen LogP contribution in [0.2, 0.25) is 0 Å². The Bertz CT molecular complexity index is 1220. The minimum atomic E-state index is -0.796. The Balaban J connectivity index is 1.15. The van der Waals surface area contributed by atoms with Crippen LogP contribution in [0, 0.1) is 5.92 Å². The molecule has 2 aromatic carbocycles. The van der Waals surface area contributed by atoms with Gasteiger partial charge in [-0.15, -0.1) is 0 Å². The molecule has 0 unspecified atom stereocenters. The second-order valence-corrected chi connectivity index (χ2v) is 8.89. The molecule has 0 bridgehead atoms. The first kappa shape index (κ1) is 22.6. The van der Waals surface area contributed by atoms with Crippen molar-refractivity contribution in [2.24, 2.45) is 5.92 Å². The number of amides is 2. The second kappa shape index (κ2) is 9.61. The summed E-state index contributed by atoms with van der Waals surface area (Å²) < 4.78 is 10.6. The number of aliphatic carboxylic acids is 1. The highest BCUT2D eigenvalue weighted by molar-refractivity contribution is 5.94. The van der Waals surface area contributed by atoms with Crippen LogP contribution in [0.15, 0.2) is 59.1 Å². The molecule has 2 amide bonds. The van der Waals surface area contributed by atoms with Crippen LogP contribution in [-0.2, 0) is 9.53 Å². The number of fused-ring (bicyclic) bond motifs is 3. The van der Waals surface area contributed by atoms with E-state index in [1.54, 1.807) is 0 Å². The first-order valence-electron chi connectivity index (χ1n) is 11.6. The van der Waals surface area contributed by atoms with Gasteiger partial charge in [0.1, 0.15) is 6.61 Å². The third-order valence-corrected chi connectivity index (χ3v) is 6.72. The Kier molecular flexibility index (Phi) is 6.22. The minimum absolute atomic E-state index is 0.00181. The molecule has 9 nitrogen and oxygen atoms in total. The minimum Gasteiger partial charge on any atom is -0.481 e.